The number of ether oxygens (including phenoxy) is 1. The van der Waals surface area contributed by atoms with Crippen molar-refractivity contribution in [2.75, 3.05) is 11.9 Å². The number of nitrogens with zero attached hydrogens (tertiary/aromatic N) is 4. The van der Waals surface area contributed by atoms with Gasteiger partial charge in [0.15, 0.2) is 11.5 Å². The zero-order valence-electron chi connectivity index (χ0n) is 19.2. The summed E-state index contributed by atoms with van der Waals surface area (Å²) >= 11 is 0. The lowest BCUT2D eigenvalue weighted by atomic mass is 9.84. The number of nitrogens with one attached hydrogen (secondary N) is 1. The first kappa shape index (κ1) is 21.6. The first-order chi connectivity index (χ1) is 16.4. The van der Waals surface area contributed by atoms with Crippen LogP contribution in [0.5, 0.6) is 11.5 Å². The van der Waals surface area contributed by atoms with Gasteiger partial charge in [-0.05, 0) is 44.5 Å². The summed E-state index contributed by atoms with van der Waals surface area (Å²) in [6.45, 7) is 6.09. The summed E-state index contributed by atoms with van der Waals surface area (Å²) in [5, 5.41) is 18.1. The average molecular weight is 456 g/mol. The summed E-state index contributed by atoms with van der Waals surface area (Å²) in [7, 11) is 0. The Morgan fingerprint density at radius 2 is 1.82 bits per heavy atom. The molecule has 8 nitrogen and oxygen atoms in total. The van der Waals surface area contributed by atoms with Crippen LogP contribution >= 0.6 is 0 Å². The molecule has 2 aromatic carbocycles. The number of aromatic hydroxyl groups is 1. The van der Waals surface area contributed by atoms with Gasteiger partial charge in [0.05, 0.1) is 12.3 Å². The Labute approximate surface area is 197 Å². The molecular weight excluding hydrogens is 430 g/mol. The minimum Gasteiger partial charge on any atom is -0.504 e. The van der Waals surface area contributed by atoms with Crippen LogP contribution in [0.2, 0.25) is 0 Å². The number of aromatic nitrogens is 4. The number of carbonyl (C=O) groups excluding carboxylic acids is 1. The molecule has 172 valence electrons. The number of carbonyl (C=O) groups is 1. The number of hydrogen-bond acceptors (Lipinski definition) is 6. The molecule has 1 aliphatic heterocycles. The SMILES string of the molecule is CCOc1cc(C2CC(=O)Nc3c2c(-c2ccccc2)nn3-c2nc(C)cc(C)n2)ccc1O. The van der Waals surface area contributed by atoms with Gasteiger partial charge in [-0.1, -0.05) is 36.4 Å². The normalized spacial score (nSPS) is 15.0. The van der Waals surface area contributed by atoms with Crippen LogP contribution in [0.1, 0.15) is 41.8 Å². The van der Waals surface area contributed by atoms with Crippen molar-refractivity contribution >= 4 is 11.7 Å². The first-order valence-electron chi connectivity index (χ1n) is 11.2. The second-order valence-corrected chi connectivity index (χ2v) is 8.30. The molecular formula is C26H25N5O3. The summed E-state index contributed by atoms with van der Waals surface area (Å²) in [5.41, 5.74) is 5.02. The number of hydrogen-bond donors (Lipinski definition) is 2. The standard InChI is InChI=1S/C26H25N5O3/c1-4-34-21-13-18(10-11-20(21)32)19-14-22(33)29-25-23(19)24(17-8-6-5-7-9-17)30-31(25)26-27-15(2)12-16(3)28-26/h5-13,19,32H,4,14H2,1-3H3,(H,29,33). The fourth-order valence-corrected chi connectivity index (χ4v) is 4.41. The van der Waals surface area contributed by atoms with Crippen molar-refractivity contribution in [1.82, 2.24) is 19.7 Å². The van der Waals surface area contributed by atoms with Crippen molar-refractivity contribution in [2.45, 2.75) is 33.1 Å². The van der Waals surface area contributed by atoms with Gasteiger partial charge < -0.3 is 15.2 Å². The molecule has 0 radical (unpaired) electrons. The third-order valence-electron chi connectivity index (χ3n) is 5.81. The summed E-state index contributed by atoms with van der Waals surface area (Å²) in [6.07, 6.45) is 0.239. The largest absolute Gasteiger partial charge is 0.504 e. The number of aryl methyl sites for hydroxylation is 2. The van der Waals surface area contributed by atoms with Crippen LogP contribution in [0.25, 0.3) is 17.2 Å². The Morgan fingerprint density at radius 3 is 2.53 bits per heavy atom. The third kappa shape index (κ3) is 3.87. The molecule has 2 aromatic heterocycles. The number of phenols is 1. The highest BCUT2D eigenvalue weighted by Crippen LogP contribution is 2.45. The van der Waals surface area contributed by atoms with Gasteiger partial charge in [0.25, 0.3) is 5.95 Å². The third-order valence-corrected chi connectivity index (χ3v) is 5.81. The van der Waals surface area contributed by atoms with Crippen LogP contribution in [-0.2, 0) is 4.79 Å². The molecule has 2 N–H and O–H groups in total. The maximum Gasteiger partial charge on any atom is 0.252 e. The van der Waals surface area contributed by atoms with Gasteiger partial charge in [0.2, 0.25) is 5.91 Å². The molecule has 1 atom stereocenters. The smallest absolute Gasteiger partial charge is 0.252 e. The minimum absolute atomic E-state index is 0.0636. The van der Waals surface area contributed by atoms with Crippen LogP contribution in [0.15, 0.2) is 54.6 Å². The number of amides is 1. The molecule has 1 aliphatic rings. The molecule has 0 saturated carbocycles. The monoisotopic (exact) mass is 455 g/mol. The highest BCUT2D eigenvalue weighted by atomic mass is 16.5. The number of phenolic OH excluding ortho intramolecular Hbond substituents is 1. The van der Waals surface area contributed by atoms with Crippen molar-refractivity contribution in [3.05, 3.63) is 77.1 Å². The van der Waals surface area contributed by atoms with E-state index in [1.807, 2.05) is 63.2 Å². The summed E-state index contributed by atoms with van der Waals surface area (Å²) in [4.78, 5) is 22.0. The van der Waals surface area contributed by atoms with E-state index in [1.54, 1.807) is 16.8 Å². The van der Waals surface area contributed by atoms with Crippen LogP contribution < -0.4 is 10.1 Å². The van der Waals surface area contributed by atoms with Gasteiger partial charge in [-0.15, -0.1) is 0 Å². The van der Waals surface area contributed by atoms with Crippen molar-refractivity contribution in [1.29, 1.82) is 0 Å². The molecule has 0 aliphatic carbocycles. The van der Waals surface area contributed by atoms with E-state index < -0.39 is 0 Å². The number of fused-ring (bicyclic) bond motifs is 1. The van der Waals surface area contributed by atoms with Crippen molar-refractivity contribution < 1.29 is 14.6 Å². The molecule has 0 bridgehead atoms. The van der Waals surface area contributed by atoms with Crippen LogP contribution in [-0.4, -0.2) is 37.4 Å². The maximum absolute atomic E-state index is 12.9. The topological polar surface area (TPSA) is 102 Å². The zero-order chi connectivity index (χ0) is 23.8. The molecule has 0 saturated heterocycles. The fourth-order valence-electron chi connectivity index (χ4n) is 4.41. The fraction of sp³-hybridized carbons (Fsp3) is 0.231. The second-order valence-electron chi connectivity index (χ2n) is 8.30. The molecule has 1 unspecified atom stereocenters. The van der Waals surface area contributed by atoms with Crippen LogP contribution in [0.4, 0.5) is 5.82 Å². The molecule has 8 heteroatoms. The van der Waals surface area contributed by atoms with E-state index in [0.29, 0.717) is 24.1 Å². The van der Waals surface area contributed by atoms with E-state index in [0.717, 1.165) is 33.8 Å². The van der Waals surface area contributed by atoms with Crippen molar-refractivity contribution in [2.24, 2.45) is 0 Å². The molecule has 0 spiro atoms. The molecule has 3 heterocycles. The Hall–Kier alpha value is -4.20. The lowest BCUT2D eigenvalue weighted by Crippen LogP contribution is -2.25. The Bertz CT molecular complexity index is 1360. The van der Waals surface area contributed by atoms with Crippen LogP contribution in [0.3, 0.4) is 0 Å². The van der Waals surface area contributed by atoms with Gasteiger partial charge in [0, 0.05) is 34.9 Å². The number of anilines is 1. The minimum atomic E-state index is -0.293. The van der Waals surface area contributed by atoms with E-state index in [-0.39, 0.29) is 24.0 Å². The first-order valence-corrected chi connectivity index (χ1v) is 11.2. The van der Waals surface area contributed by atoms with E-state index in [1.165, 1.54) is 0 Å². The van der Waals surface area contributed by atoms with Gasteiger partial charge in [-0.2, -0.15) is 9.78 Å². The molecule has 4 aromatic rings. The predicted molar refractivity (Wildman–Crippen MR) is 128 cm³/mol. The molecule has 5 rings (SSSR count). The summed E-state index contributed by atoms with van der Waals surface area (Å²) < 4.78 is 7.22. The van der Waals surface area contributed by atoms with E-state index in [4.69, 9.17) is 9.84 Å². The number of benzene rings is 2. The average Bonchev–Trinajstić information content (AvgIpc) is 3.19. The second kappa shape index (κ2) is 8.62. The quantitative estimate of drug-likeness (QED) is 0.459. The van der Waals surface area contributed by atoms with Gasteiger partial charge >= 0.3 is 0 Å². The lowest BCUT2D eigenvalue weighted by Gasteiger charge is -2.25. The molecule has 1 amide bonds. The molecule has 34 heavy (non-hydrogen) atoms. The van der Waals surface area contributed by atoms with E-state index >= 15 is 0 Å². The van der Waals surface area contributed by atoms with Crippen LogP contribution in [0, 0.1) is 13.8 Å². The zero-order valence-corrected chi connectivity index (χ0v) is 19.2. The molecule has 0 fully saturated rings. The highest BCUT2D eigenvalue weighted by molar-refractivity contribution is 5.96. The Kier molecular flexibility index (Phi) is 5.49. The Balaban J connectivity index is 1.76. The highest BCUT2D eigenvalue weighted by Gasteiger charge is 2.35. The van der Waals surface area contributed by atoms with Gasteiger partial charge in [-0.25, -0.2) is 9.97 Å². The van der Waals surface area contributed by atoms with E-state index in [2.05, 4.69) is 15.3 Å². The van der Waals surface area contributed by atoms with E-state index in [9.17, 15) is 9.90 Å². The Morgan fingerprint density at radius 1 is 1.09 bits per heavy atom. The van der Waals surface area contributed by atoms with Gasteiger partial charge in [0.1, 0.15) is 5.82 Å². The lowest BCUT2D eigenvalue weighted by molar-refractivity contribution is -0.116. The maximum atomic E-state index is 12.9. The summed E-state index contributed by atoms with van der Waals surface area (Å²) in [6, 6.07) is 17.0. The van der Waals surface area contributed by atoms with Gasteiger partial charge in [-0.3, -0.25) is 4.79 Å². The predicted octanol–water partition coefficient (Wildman–Crippen LogP) is 4.52. The summed E-state index contributed by atoms with van der Waals surface area (Å²) in [5.74, 6) is 0.980. The number of rotatable bonds is 5. The van der Waals surface area contributed by atoms with Crippen molar-refractivity contribution in [3.63, 3.8) is 0 Å². The van der Waals surface area contributed by atoms with Crippen molar-refractivity contribution in [3.8, 4) is 28.7 Å².